The SMILES string of the molecule is CCC[C@@H](NC(=O)CCCOc1ccc(F)cc1)C(=O)O. The van der Waals surface area contributed by atoms with Gasteiger partial charge >= 0.3 is 5.97 Å². The van der Waals surface area contributed by atoms with E-state index in [9.17, 15) is 14.0 Å². The Morgan fingerprint density at radius 2 is 2.00 bits per heavy atom. The first-order chi connectivity index (χ1) is 10.0. The lowest BCUT2D eigenvalue weighted by Crippen LogP contribution is -2.40. The molecule has 1 aromatic carbocycles. The smallest absolute Gasteiger partial charge is 0.326 e. The van der Waals surface area contributed by atoms with Crippen molar-refractivity contribution < 1.29 is 23.8 Å². The Morgan fingerprint density at radius 3 is 2.57 bits per heavy atom. The molecule has 0 saturated heterocycles. The molecule has 0 fully saturated rings. The van der Waals surface area contributed by atoms with Crippen molar-refractivity contribution in [3.8, 4) is 5.75 Å². The molecule has 1 atom stereocenters. The largest absolute Gasteiger partial charge is 0.494 e. The number of carbonyl (C=O) groups excluding carboxylic acids is 1. The summed E-state index contributed by atoms with van der Waals surface area (Å²) in [6.45, 7) is 2.17. The van der Waals surface area contributed by atoms with Crippen molar-refractivity contribution in [3.05, 3.63) is 30.1 Å². The predicted molar refractivity (Wildman–Crippen MR) is 75.6 cm³/mol. The monoisotopic (exact) mass is 297 g/mol. The number of nitrogens with one attached hydrogen (secondary N) is 1. The van der Waals surface area contributed by atoms with Crippen LogP contribution in [0.3, 0.4) is 0 Å². The van der Waals surface area contributed by atoms with Gasteiger partial charge in [-0.2, -0.15) is 0 Å². The van der Waals surface area contributed by atoms with E-state index >= 15 is 0 Å². The van der Waals surface area contributed by atoms with Gasteiger partial charge in [-0.3, -0.25) is 4.79 Å². The molecule has 1 rings (SSSR count). The van der Waals surface area contributed by atoms with Crippen molar-refractivity contribution in [2.24, 2.45) is 0 Å². The minimum atomic E-state index is -1.02. The van der Waals surface area contributed by atoms with Crippen LogP contribution in [0.5, 0.6) is 5.75 Å². The third kappa shape index (κ3) is 6.74. The van der Waals surface area contributed by atoms with Crippen molar-refractivity contribution in [3.63, 3.8) is 0 Å². The molecule has 1 amide bonds. The highest BCUT2D eigenvalue weighted by atomic mass is 19.1. The summed E-state index contributed by atoms with van der Waals surface area (Å²) in [5, 5.41) is 11.4. The molecule has 0 aliphatic rings. The average molecular weight is 297 g/mol. The van der Waals surface area contributed by atoms with E-state index in [1.807, 2.05) is 6.92 Å². The average Bonchev–Trinajstić information content (AvgIpc) is 2.45. The lowest BCUT2D eigenvalue weighted by molar-refractivity contribution is -0.142. The van der Waals surface area contributed by atoms with Gasteiger partial charge in [-0.1, -0.05) is 13.3 Å². The van der Waals surface area contributed by atoms with E-state index < -0.39 is 12.0 Å². The Bertz CT molecular complexity index is 461. The van der Waals surface area contributed by atoms with Gasteiger partial charge in [0.05, 0.1) is 6.61 Å². The Hall–Kier alpha value is -2.11. The topological polar surface area (TPSA) is 75.6 Å². The van der Waals surface area contributed by atoms with Crippen LogP contribution in [-0.2, 0) is 9.59 Å². The van der Waals surface area contributed by atoms with Crippen LogP contribution in [-0.4, -0.2) is 29.6 Å². The van der Waals surface area contributed by atoms with E-state index in [2.05, 4.69) is 5.32 Å². The van der Waals surface area contributed by atoms with E-state index in [0.717, 1.165) is 0 Å². The molecule has 0 bridgehead atoms. The molecule has 0 unspecified atom stereocenters. The van der Waals surface area contributed by atoms with Gasteiger partial charge in [-0.25, -0.2) is 9.18 Å². The lowest BCUT2D eigenvalue weighted by Gasteiger charge is -2.13. The lowest BCUT2D eigenvalue weighted by atomic mass is 10.1. The minimum Gasteiger partial charge on any atom is -0.494 e. The number of carbonyl (C=O) groups is 2. The fraction of sp³-hybridized carbons (Fsp3) is 0.467. The number of amides is 1. The van der Waals surface area contributed by atoms with Crippen molar-refractivity contribution in [2.45, 2.75) is 38.6 Å². The zero-order valence-corrected chi connectivity index (χ0v) is 12.0. The summed E-state index contributed by atoms with van der Waals surface area (Å²) >= 11 is 0. The van der Waals surface area contributed by atoms with Crippen molar-refractivity contribution >= 4 is 11.9 Å². The highest BCUT2D eigenvalue weighted by Gasteiger charge is 2.18. The second-order valence-electron chi connectivity index (χ2n) is 4.65. The van der Waals surface area contributed by atoms with Gasteiger partial charge in [-0.05, 0) is 37.1 Å². The number of hydrogen-bond donors (Lipinski definition) is 2. The summed E-state index contributed by atoms with van der Waals surface area (Å²) in [5.74, 6) is -1.13. The summed E-state index contributed by atoms with van der Waals surface area (Å²) in [6.07, 6.45) is 1.74. The summed E-state index contributed by atoms with van der Waals surface area (Å²) < 4.78 is 18.0. The first-order valence-corrected chi connectivity index (χ1v) is 6.93. The number of carboxylic acid groups (broad SMARTS) is 1. The second kappa shape index (κ2) is 8.94. The van der Waals surface area contributed by atoms with Crippen LogP contribution in [0.25, 0.3) is 0 Å². The van der Waals surface area contributed by atoms with E-state index in [4.69, 9.17) is 9.84 Å². The maximum Gasteiger partial charge on any atom is 0.326 e. The summed E-state index contributed by atoms with van der Waals surface area (Å²) in [4.78, 5) is 22.5. The van der Waals surface area contributed by atoms with Crippen LogP contribution >= 0.6 is 0 Å². The maximum atomic E-state index is 12.7. The van der Waals surface area contributed by atoms with Gasteiger partial charge in [0.2, 0.25) is 5.91 Å². The molecule has 0 aromatic heterocycles. The molecule has 1 aromatic rings. The number of aliphatic carboxylic acids is 1. The van der Waals surface area contributed by atoms with Gasteiger partial charge in [0.25, 0.3) is 0 Å². The van der Waals surface area contributed by atoms with Crippen LogP contribution in [0.15, 0.2) is 24.3 Å². The van der Waals surface area contributed by atoms with Crippen LogP contribution in [0.4, 0.5) is 4.39 Å². The second-order valence-corrected chi connectivity index (χ2v) is 4.65. The van der Waals surface area contributed by atoms with Crippen LogP contribution < -0.4 is 10.1 Å². The van der Waals surface area contributed by atoms with Gasteiger partial charge in [0.15, 0.2) is 0 Å². The summed E-state index contributed by atoms with van der Waals surface area (Å²) in [5.41, 5.74) is 0. The highest BCUT2D eigenvalue weighted by molar-refractivity contribution is 5.83. The molecule has 0 aliphatic carbocycles. The Kier molecular flexibility index (Phi) is 7.21. The molecule has 2 N–H and O–H groups in total. The molecule has 5 nitrogen and oxygen atoms in total. The fourth-order valence-corrected chi connectivity index (χ4v) is 1.77. The van der Waals surface area contributed by atoms with Crippen LogP contribution in [0, 0.1) is 5.82 Å². The minimum absolute atomic E-state index is 0.189. The van der Waals surface area contributed by atoms with Gasteiger partial charge in [0.1, 0.15) is 17.6 Å². The van der Waals surface area contributed by atoms with E-state index in [-0.39, 0.29) is 18.1 Å². The fourth-order valence-electron chi connectivity index (χ4n) is 1.77. The molecular weight excluding hydrogens is 277 g/mol. The predicted octanol–water partition coefficient (Wildman–Crippen LogP) is 2.35. The first-order valence-electron chi connectivity index (χ1n) is 6.93. The molecule has 0 saturated carbocycles. The number of ether oxygens (including phenoxy) is 1. The molecule has 21 heavy (non-hydrogen) atoms. The molecular formula is C15H20FNO4. The molecule has 6 heteroatoms. The number of halogens is 1. The standard InChI is InChI=1S/C15H20FNO4/c1-2-4-13(15(19)20)17-14(18)5-3-10-21-12-8-6-11(16)7-9-12/h6-9,13H,2-5,10H2,1H3,(H,17,18)(H,19,20)/t13-/m1/s1. The van der Waals surface area contributed by atoms with E-state index in [1.54, 1.807) is 0 Å². The molecule has 0 aliphatic heterocycles. The first kappa shape index (κ1) is 16.9. The van der Waals surface area contributed by atoms with Crippen LogP contribution in [0.1, 0.15) is 32.6 Å². The highest BCUT2D eigenvalue weighted by Crippen LogP contribution is 2.11. The summed E-state index contributed by atoms with van der Waals surface area (Å²) in [6, 6.07) is 4.78. The van der Waals surface area contributed by atoms with E-state index in [0.29, 0.717) is 31.6 Å². The zero-order valence-electron chi connectivity index (χ0n) is 12.0. The zero-order chi connectivity index (χ0) is 15.7. The van der Waals surface area contributed by atoms with Crippen LogP contribution in [0.2, 0.25) is 0 Å². The number of rotatable bonds is 9. The molecule has 0 spiro atoms. The maximum absolute atomic E-state index is 12.7. The number of hydrogen-bond acceptors (Lipinski definition) is 3. The number of benzene rings is 1. The normalized spacial score (nSPS) is 11.7. The van der Waals surface area contributed by atoms with Gasteiger partial charge in [0, 0.05) is 6.42 Å². The van der Waals surface area contributed by atoms with Gasteiger partial charge < -0.3 is 15.2 Å². The van der Waals surface area contributed by atoms with Crippen molar-refractivity contribution in [2.75, 3.05) is 6.61 Å². The molecule has 0 radical (unpaired) electrons. The number of carboxylic acids is 1. The van der Waals surface area contributed by atoms with Gasteiger partial charge in [-0.15, -0.1) is 0 Å². The quantitative estimate of drug-likeness (QED) is 0.686. The Labute approximate surface area is 123 Å². The molecule has 0 heterocycles. The Balaban J connectivity index is 2.23. The Morgan fingerprint density at radius 1 is 1.33 bits per heavy atom. The third-order valence-corrected chi connectivity index (χ3v) is 2.84. The van der Waals surface area contributed by atoms with Crippen molar-refractivity contribution in [1.29, 1.82) is 0 Å². The van der Waals surface area contributed by atoms with Crippen molar-refractivity contribution in [1.82, 2.24) is 5.32 Å². The third-order valence-electron chi connectivity index (χ3n) is 2.84. The van der Waals surface area contributed by atoms with E-state index in [1.165, 1.54) is 24.3 Å². The summed E-state index contributed by atoms with van der Waals surface area (Å²) in [7, 11) is 0. The molecule has 116 valence electrons.